The van der Waals surface area contributed by atoms with Crippen LogP contribution in [0.15, 0.2) is 0 Å². The van der Waals surface area contributed by atoms with Crippen molar-refractivity contribution >= 4 is 64.5 Å². The molecule has 3 N–H and O–H groups in total. The van der Waals surface area contributed by atoms with Gasteiger partial charge in [-0.15, -0.1) is 0 Å². The summed E-state index contributed by atoms with van der Waals surface area (Å²) in [5.74, 6) is 0. The van der Waals surface area contributed by atoms with Crippen LogP contribution in [-0.4, -0.2) is 63.6 Å². The van der Waals surface area contributed by atoms with Crippen molar-refractivity contribution in [3.63, 3.8) is 0 Å². The first-order valence-electron chi connectivity index (χ1n) is 1.51. The zero-order valence-electron chi connectivity index (χ0n) is 5.98. The summed E-state index contributed by atoms with van der Waals surface area (Å²) >= 11 is 0. The topological polar surface area (TPSA) is 164 Å². The van der Waals surface area contributed by atoms with E-state index in [0.29, 0.717) is 0 Å². The largest absolute Gasteiger partial charge is 2.00 e. The van der Waals surface area contributed by atoms with Gasteiger partial charge in [-0.05, 0) is 0 Å². The Bertz CT molecular complexity index is 129. The maximum atomic E-state index is 8.88. The normalized spacial score (nSPS) is 9.83. The van der Waals surface area contributed by atoms with Gasteiger partial charge in [-0.1, -0.05) is 0 Å². The van der Waals surface area contributed by atoms with Crippen molar-refractivity contribution in [2.24, 2.45) is 0 Å². The third kappa shape index (κ3) is 228. The molecule has 0 aliphatic carbocycles. The zero-order chi connectivity index (χ0) is 9.00. The zero-order valence-corrected chi connectivity index (χ0v) is 14.2. The van der Waals surface area contributed by atoms with Gasteiger partial charge in [0, 0.05) is 0 Å². The summed E-state index contributed by atoms with van der Waals surface area (Å²) in [5.41, 5.74) is 0. The maximum Gasteiger partial charge on any atom is 2.00 e. The van der Waals surface area contributed by atoms with Crippen molar-refractivity contribution in [1.82, 2.24) is 0 Å². The summed E-state index contributed by atoms with van der Waals surface area (Å²) in [6.45, 7) is 0. The Balaban J connectivity index is -0.0000000457. The van der Waals surface area contributed by atoms with Crippen LogP contribution in [0.5, 0.6) is 0 Å². The first-order chi connectivity index (χ1) is 4.00. The molecule has 0 bridgehead atoms. The van der Waals surface area contributed by atoms with Gasteiger partial charge in [0.15, 0.2) is 0 Å². The number of rotatable bonds is 0. The van der Waals surface area contributed by atoms with Gasteiger partial charge in [0.2, 0.25) is 0 Å². The van der Waals surface area contributed by atoms with Crippen LogP contribution in [0.25, 0.3) is 0 Å². The van der Waals surface area contributed by atoms with E-state index >= 15 is 0 Å². The van der Waals surface area contributed by atoms with E-state index < -0.39 is 15.6 Å². The van der Waals surface area contributed by atoms with E-state index in [1.54, 1.807) is 0 Å². The Morgan fingerprint density at radius 2 is 0.917 bits per heavy atom. The molecular formula is H3BaNaO8P2. The van der Waals surface area contributed by atoms with Crippen LogP contribution in [0.2, 0.25) is 0 Å². The first kappa shape index (κ1) is 24.2. The minimum absolute atomic E-state index is 0. The standard InChI is InChI=1S/Ba.Na.2H3O4P/c;;2*1-5(2,3)4/h;;2*(H3,1,2,3,4)/q+2;+1;;/p-3. The smallest absolute Gasteiger partial charge is 0.822 e. The van der Waals surface area contributed by atoms with Crippen LogP contribution >= 0.6 is 15.6 Å². The third-order valence-electron chi connectivity index (χ3n) is 0. The molecule has 0 spiro atoms. The van der Waals surface area contributed by atoms with Crippen molar-refractivity contribution in [2.75, 3.05) is 0 Å². The monoisotopic (exact) mass is 354 g/mol. The molecule has 0 heterocycles. The minimum Gasteiger partial charge on any atom is -0.822 e. The van der Waals surface area contributed by atoms with E-state index in [0.717, 1.165) is 0 Å². The van der Waals surface area contributed by atoms with Crippen LogP contribution in [0.3, 0.4) is 0 Å². The van der Waals surface area contributed by atoms with Crippen molar-refractivity contribution < 1.29 is 68.0 Å². The summed E-state index contributed by atoms with van der Waals surface area (Å²) in [6.07, 6.45) is 0. The third-order valence-corrected chi connectivity index (χ3v) is 0. The molecule has 12 heavy (non-hydrogen) atoms. The summed E-state index contributed by atoms with van der Waals surface area (Å²) in [4.78, 5) is 47.2. The minimum atomic E-state index is -5.39. The van der Waals surface area contributed by atoms with Crippen molar-refractivity contribution in [3.05, 3.63) is 0 Å². The van der Waals surface area contributed by atoms with Gasteiger partial charge < -0.3 is 33.9 Å². The molecule has 0 atom stereocenters. The Hall–Kier alpha value is 2.79. The average molecular weight is 353 g/mol. The fraction of sp³-hybridized carbons (Fsp3) is 0. The van der Waals surface area contributed by atoms with Crippen molar-refractivity contribution in [1.29, 1.82) is 0 Å². The van der Waals surface area contributed by atoms with E-state index in [2.05, 4.69) is 0 Å². The van der Waals surface area contributed by atoms with Crippen LogP contribution in [0, 0.1) is 0 Å². The van der Waals surface area contributed by atoms with E-state index in [1.807, 2.05) is 0 Å². The quantitative estimate of drug-likeness (QED) is 0.285. The Morgan fingerprint density at radius 3 is 0.917 bits per heavy atom. The van der Waals surface area contributed by atoms with Gasteiger partial charge in [-0.2, -0.15) is 7.82 Å². The predicted molar refractivity (Wildman–Crippen MR) is 27.6 cm³/mol. The second-order valence-corrected chi connectivity index (χ2v) is 2.88. The summed E-state index contributed by atoms with van der Waals surface area (Å²) < 4.78 is 17.4. The molecular weight excluding hydrogens is 350 g/mol. The Kier molecular flexibility index (Phi) is 20.8. The average Bonchev–Trinajstić information content (AvgIpc) is 1.12. The van der Waals surface area contributed by atoms with E-state index in [1.165, 1.54) is 0 Å². The molecule has 12 heteroatoms. The van der Waals surface area contributed by atoms with Gasteiger partial charge in [-0.3, -0.25) is 0 Å². The van der Waals surface area contributed by atoms with E-state index in [9.17, 15) is 0 Å². The molecule has 0 radical (unpaired) electrons. The second-order valence-electron chi connectivity index (χ2n) is 0.960. The SMILES string of the molecule is O=P(O)(O)O.O=P([O-])([O-])[O-].[Ba+2].[Na+]. The summed E-state index contributed by atoms with van der Waals surface area (Å²) in [5, 5.41) is 0. The van der Waals surface area contributed by atoms with Gasteiger partial charge in [-0.25, -0.2) is 4.57 Å². The molecule has 0 saturated heterocycles. The molecule has 0 aromatic carbocycles. The van der Waals surface area contributed by atoms with E-state index in [-0.39, 0.29) is 78.4 Å². The van der Waals surface area contributed by atoms with E-state index in [4.69, 9.17) is 38.5 Å². The molecule has 0 aromatic heterocycles. The van der Waals surface area contributed by atoms with Gasteiger partial charge in [0.05, 0.1) is 0 Å². The molecule has 0 aliphatic rings. The molecule has 0 aliphatic heterocycles. The van der Waals surface area contributed by atoms with Crippen LogP contribution in [-0.2, 0) is 9.13 Å². The van der Waals surface area contributed by atoms with Crippen LogP contribution < -0.4 is 44.2 Å². The molecule has 0 fully saturated rings. The molecule has 0 unspecified atom stereocenters. The predicted octanol–water partition coefficient (Wildman–Crippen LogP) is -7.13. The molecule has 0 rings (SSSR count). The maximum absolute atomic E-state index is 8.88. The number of phosphoric acid groups is 2. The fourth-order valence-electron chi connectivity index (χ4n) is 0. The molecule has 0 saturated carbocycles. The number of hydrogen-bond donors (Lipinski definition) is 3. The van der Waals surface area contributed by atoms with Gasteiger partial charge in [0.25, 0.3) is 0 Å². The second kappa shape index (κ2) is 10.3. The summed E-state index contributed by atoms with van der Waals surface area (Å²) in [6, 6.07) is 0. The Morgan fingerprint density at radius 1 is 0.917 bits per heavy atom. The van der Waals surface area contributed by atoms with Crippen LogP contribution in [0.1, 0.15) is 0 Å². The van der Waals surface area contributed by atoms with Crippen molar-refractivity contribution in [3.8, 4) is 0 Å². The summed E-state index contributed by atoms with van der Waals surface area (Å²) in [7, 11) is -10.0. The van der Waals surface area contributed by atoms with Gasteiger partial charge >= 0.3 is 86.3 Å². The molecule has 0 aromatic rings. The first-order valence-corrected chi connectivity index (χ1v) is 4.54. The number of hydrogen-bond acceptors (Lipinski definition) is 5. The molecule has 0 amide bonds. The molecule has 64 valence electrons. The van der Waals surface area contributed by atoms with Crippen LogP contribution in [0.4, 0.5) is 0 Å². The molecule has 8 nitrogen and oxygen atoms in total. The Labute approximate surface area is 130 Å². The van der Waals surface area contributed by atoms with Crippen molar-refractivity contribution in [2.45, 2.75) is 0 Å². The fourth-order valence-corrected chi connectivity index (χ4v) is 0. The van der Waals surface area contributed by atoms with Gasteiger partial charge in [0.1, 0.15) is 0 Å².